The fraction of sp³-hybridized carbons (Fsp3) is 0.500. The molecule has 2 rings (SSSR count). The lowest BCUT2D eigenvalue weighted by Crippen LogP contribution is -2.41. The van der Waals surface area contributed by atoms with Crippen LogP contribution in [0.2, 0.25) is 0 Å². The molecule has 0 saturated carbocycles. The average molecular weight is 269 g/mol. The van der Waals surface area contributed by atoms with E-state index in [-0.39, 0.29) is 5.57 Å². The average Bonchev–Trinajstić information content (AvgIpc) is 2.61. The van der Waals surface area contributed by atoms with Crippen molar-refractivity contribution in [2.45, 2.75) is 19.6 Å². The second kappa shape index (κ2) is 4.68. The van der Waals surface area contributed by atoms with E-state index in [0.717, 1.165) is 17.3 Å². The smallest absolute Gasteiger partial charge is 0.348 e. The van der Waals surface area contributed by atoms with E-state index < -0.39 is 17.7 Å². The molecule has 2 fully saturated rings. The van der Waals surface area contributed by atoms with Crippen molar-refractivity contribution >= 4 is 23.7 Å². The molecular weight excluding hydrogens is 254 g/mol. The van der Waals surface area contributed by atoms with Gasteiger partial charge in [-0.1, -0.05) is 0 Å². The minimum atomic E-state index is -1.18. The molecule has 6 heteroatoms. The molecule has 2 saturated heterocycles. The summed E-state index contributed by atoms with van der Waals surface area (Å²) in [6.07, 6.45) is 3.21. The second-order valence-electron chi connectivity index (χ2n) is 4.53. The Morgan fingerprint density at radius 3 is 2.33 bits per heavy atom. The normalized spacial score (nSPS) is 25.2. The fourth-order valence-electron chi connectivity index (χ4n) is 1.63. The first kappa shape index (κ1) is 13.0. The molecule has 0 aromatic rings. The number of hydrogen-bond donors (Lipinski definition) is 0. The summed E-state index contributed by atoms with van der Waals surface area (Å²) in [6, 6.07) is 0. The van der Waals surface area contributed by atoms with Crippen molar-refractivity contribution < 1.29 is 19.1 Å². The maximum atomic E-state index is 11.7. The van der Waals surface area contributed by atoms with E-state index >= 15 is 0 Å². The summed E-state index contributed by atoms with van der Waals surface area (Å²) in [5, 5.41) is 1.02. The van der Waals surface area contributed by atoms with E-state index in [4.69, 9.17) is 9.47 Å². The highest BCUT2D eigenvalue weighted by Gasteiger charge is 2.38. The molecule has 0 unspecified atom stereocenters. The Morgan fingerprint density at radius 1 is 1.22 bits per heavy atom. The van der Waals surface area contributed by atoms with Crippen LogP contribution in [-0.4, -0.2) is 42.0 Å². The highest BCUT2D eigenvalue weighted by Crippen LogP contribution is 2.27. The lowest BCUT2D eigenvalue weighted by molar-refractivity contribution is -0.222. The van der Waals surface area contributed by atoms with Crippen LogP contribution in [0.25, 0.3) is 0 Å². The zero-order valence-electron chi connectivity index (χ0n) is 10.6. The number of allylic oxidation sites excluding steroid dienone is 2. The fourth-order valence-corrected chi connectivity index (χ4v) is 2.68. The Hall–Kier alpha value is -1.43. The van der Waals surface area contributed by atoms with Crippen LogP contribution in [0.15, 0.2) is 22.8 Å². The van der Waals surface area contributed by atoms with Crippen molar-refractivity contribution in [1.82, 2.24) is 4.90 Å². The summed E-state index contributed by atoms with van der Waals surface area (Å²) in [7, 11) is 1.96. The molecule has 18 heavy (non-hydrogen) atoms. The van der Waals surface area contributed by atoms with Gasteiger partial charge < -0.3 is 14.4 Å². The minimum Gasteiger partial charge on any atom is -0.419 e. The molecule has 0 N–H and O–H groups in total. The first-order valence-electron chi connectivity index (χ1n) is 5.62. The van der Waals surface area contributed by atoms with Crippen LogP contribution in [0.3, 0.4) is 0 Å². The maximum Gasteiger partial charge on any atom is 0.348 e. The molecule has 2 aliphatic rings. The number of ether oxygens (including phenoxy) is 2. The third-order valence-electron chi connectivity index (χ3n) is 2.56. The molecule has 0 radical (unpaired) electrons. The lowest BCUT2D eigenvalue weighted by Gasteiger charge is -2.29. The Bertz CT molecular complexity index is 431. The van der Waals surface area contributed by atoms with Crippen LogP contribution in [0.1, 0.15) is 13.8 Å². The van der Waals surface area contributed by atoms with Crippen molar-refractivity contribution in [2.24, 2.45) is 0 Å². The number of esters is 2. The lowest BCUT2D eigenvalue weighted by atomic mass is 10.2. The molecule has 98 valence electrons. The molecular formula is C12H15NO4S. The minimum absolute atomic E-state index is 0.0669. The van der Waals surface area contributed by atoms with E-state index in [0.29, 0.717) is 0 Å². The van der Waals surface area contributed by atoms with Gasteiger partial charge in [0.05, 0.1) is 5.03 Å². The van der Waals surface area contributed by atoms with Crippen molar-refractivity contribution in [3.05, 3.63) is 22.8 Å². The van der Waals surface area contributed by atoms with Gasteiger partial charge in [-0.3, -0.25) is 0 Å². The van der Waals surface area contributed by atoms with Gasteiger partial charge in [0.2, 0.25) is 0 Å². The zero-order chi connectivity index (χ0) is 13.3. The molecule has 2 heterocycles. The van der Waals surface area contributed by atoms with Crippen LogP contribution >= 0.6 is 11.8 Å². The van der Waals surface area contributed by atoms with Gasteiger partial charge in [0.15, 0.2) is 0 Å². The molecule has 5 nitrogen and oxygen atoms in total. The summed E-state index contributed by atoms with van der Waals surface area (Å²) in [5.74, 6) is -1.46. The maximum absolute atomic E-state index is 11.7. The summed E-state index contributed by atoms with van der Waals surface area (Å²) in [6.45, 7) is 4.01. The molecule has 0 aromatic carbocycles. The van der Waals surface area contributed by atoms with Crippen LogP contribution < -0.4 is 0 Å². The number of nitrogens with zero attached hydrogens (tertiary/aromatic N) is 1. The van der Waals surface area contributed by atoms with Gasteiger partial charge in [0.1, 0.15) is 5.57 Å². The van der Waals surface area contributed by atoms with Gasteiger partial charge in [-0.05, 0) is 12.2 Å². The van der Waals surface area contributed by atoms with Crippen molar-refractivity contribution in [3.8, 4) is 0 Å². The van der Waals surface area contributed by atoms with Crippen LogP contribution in [0.4, 0.5) is 0 Å². The second-order valence-corrected chi connectivity index (χ2v) is 5.65. The van der Waals surface area contributed by atoms with E-state index in [1.807, 2.05) is 7.05 Å². The molecule has 2 aliphatic heterocycles. The summed E-state index contributed by atoms with van der Waals surface area (Å²) in [4.78, 5) is 25.4. The largest absolute Gasteiger partial charge is 0.419 e. The number of hydrogen-bond acceptors (Lipinski definition) is 6. The van der Waals surface area contributed by atoms with Gasteiger partial charge in [0, 0.05) is 33.2 Å². The van der Waals surface area contributed by atoms with E-state index in [1.165, 1.54) is 19.9 Å². The molecule has 0 aromatic heterocycles. The number of rotatable bonds is 1. The van der Waals surface area contributed by atoms with E-state index in [9.17, 15) is 9.59 Å². The topological polar surface area (TPSA) is 55.8 Å². The van der Waals surface area contributed by atoms with E-state index in [1.54, 1.807) is 17.8 Å². The van der Waals surface area contributed by atoms with Gasteiger partial charge >= 0.3 is 11.9 Å². The van der Waals surface area contributed by atoms with Crippen LogP contribution in [0, 0.1) is 0 Å². The highest BCUT2D eigenvalue weighted by atomic mass is 32.2. The van der Waals surface area contributed by atoms with Gasteiger partial charge in [0.25, 0.3) is 5.79 Å². The molecule has 0 bridgehead atoms. The predicted octanol–water partition coefficient (Wildman–Crippen LogP) is 1.27. The first-order chi connectivity index (χ1) is 8.39. The Labute approximate surface area is 110 Å². The van der Waals surface area contributed by atoms with Crippen molar-refractivity contribution in [1.29, 1.82) is 0 Å². The molecule has 0 amide bonds. The third-order valence-corrected chi connectivity index (χ3v) is 3.69. The monoisotopic (exact) mass is 269 g/mol. The molecule has 0 spiro atoms. The quantitative estimate of drug-likeness (QED) is 0.406. The summed E-state index contributed by atoms with van der Waals surface area (Å²) >= 11 is 1.68. The van der Waals surface area contributed by atoms with Gasteiger partial charge in [-0.25, -0.2) is 9.59 Å². The zero-order valence-corrected chi connectivity index (χ0v) is 11.4. The van der Waals surface area contributed by atoms with Gasteiger partial charge in [-0.2, -0.15) is 0 Å². The third kappa shape index (κ3) is 2.69. The summed E-state index contributed by atoms with van der Waals surface area (Å²) < 4.78 is 10.00. The van der Waals surface area contributed by atoms with Gasteiger partial charge in [-0.15, -0.1) is 11.8 Å². The van der Waals surface area contributed by atoms with Crippen molar-refractivity contribution in [3.63, 3.8) is 0 Å². The molecule has 0 aliphatic carbocycles. The van der Waals surface area contributed by atoms with E-state index in [2.05, 4.69) is 4.90 Å². The standard InChI is InChI=1S/C12H15NO4S/c1-12(2)16-10(14)8(11(15)17-12)4-5-9-13(3)6-7-18-9/h4-5H,6-7H2,1-3H3/b9-5-. The van der Waals surface area contributed by atoms with Crippen LogP contribution in [0.5, 0.6) is 0 Å². The van der Waals surface area contributed by atoms with Crippen molar-refractivity contribution in [2.75, 3.05) is 19.3 Å². The number of thioether (sulfide) groups is 1. The molecule has 0 atom stereocenters. The van der Waals surface area contributed by atoms with Crippen LogP contribution in [-0.2, 0) is 19.1 Å². The summed E-state index contributed by atoms with van der Waals surface area (Å²) in [5.41, 5.74) is -0.0669. The number of carbonyl (C=O) groups is 2. The Kier molecular flexibility index (Phi) is 3.38. The Balaban J connectivity index is 2.18. The number of cyclic esters (lactones) is 2. The SMILES string of the molecule is CN1CCS/C1=C\C=C1C(=O)OC(C)(C)OC1=O. The number of carbonyl (C=O) groups excluding carboxylic acids is 2. The highest BCUT2D eigenvalue weighted by molar-refractivity contribution is 8.03. The predicted molar refractivity (Wildman–Crippen MR) is 67.5 cm³/mol. The first-order valence-corrected chi connectivity index (χ1v) is 6.60. The Morgan fingerprint density at radius 2 is 1.83 bits per heavy atom.